The van der Waals surface area contributed by atoms with Crippen LogP contribution in [0.3, 0.4) is 0 Å². The summed E-state index contributed by atoms with van der Waals surface area (Å²) in [6.45, 7) is 3.95. The van der Waals surface area contributed by atoms with Crippen molar-refractivity contribution in [1.82, 2.24) is 4.98 Å². The molecule has 2 N–H and O–H groups in total. The zero-order valence-corrected chi connectivity index (χ0v) is 15.0. The summed E-state index contributed by atoms with van der Waals surface area (Å²) >= 11 is 1.56. The number of methoxy groups -OCH3 is 1. The quantitative estimate of drug-likeness (QED) is 0.867. The van der Waals surface area contributed by atoms with Crippen LogP contribution >= 0.6 is 11.3 Å². The number of amides is 1. The first-order valence-corrected chi connectivity index (χ1v) is 8.66. The van der Waals surface area contributed by atoms with Gasteiger partial charge < -0.3 is 20.1 Å². The minimum atomic E-state index is -0.0335. The molecule has 1 atom stereocenters. The van der Waals surface area contributed by atoms with Crippen LogP contribution < -0.4 is 20.1 Å². The van der Waals surface area contributed by atoms with Crippen LogP contribution in [0.25, 0.3) is 0 Å². The Morgan fingerprint density at radius 3 is 2.83 bits per heavy atom. The molecule has 1 amide bonds. The molecule has 6 nitrogen and oxygen atoms in total. The molecule has 0 saturated carbocycles. The zero-order chi connectivity index (χ0) is 17.3. The van der Waals surface area contributed by atoms with E-state index in [9.17, 15) is 4.79 Å². The Bertz CT molecular complexity index is 758. The number of carbonyl (C=O) groups is 1. The van der Waals surface area contributed by atoms with E-state index < -0.39 is 0 Å². The molecule has 0 radical (unpaired) electrons. The van der Waals surface area contributed by atoms with Gasteiger partial charge in [0.2, 0.25) is 5.91 Å². The molecule has 2 heterocycles. The summed E-state index contributed by atoms with van der Waals surface area (Å²) < 4.78 is 11.2. The number of nitrogens with zero attached hydrogens (tertiary/aromatic N) is 1. The van der Waals surface area contributed by atoms with Crippen molar-refractivity contribution in [2.24, 2.45) is 0 Å². The molecule has 1 aromatic carbocycles. The molecule has 24 heavy (non-hydrogen) atoms. The maximum atomic E-state index is 12.1. The third kappa shape index (κ3) is 3.17. The summed E-state index contributed by atoms with van der Waals surface area (Å²) in [6.07, 6.45) is 0.435. The second-order valence-electron chi connectivity index (χ2n) is 5.86. The van der Waals surface area contributed by atoms with Crippen LogP contribution in [0.15, 0.2) is 18.2 Å². The normalized spacial score (nSPS) is 16.5. The lowest BCUT2D eigenvalue weighted by molar-refractivity contribution is -0.116. The third-order valence-corrected chi connectivity index (χ3v) is 4.97. The van der Waals surface area contributed by atoms with Crippen molar-refractivity contribution in [3.8, 4) is 11.5 Å². The molecule has 0 spiro atoms. The lowest BCUT2D eigenvalue weighted by Crippen LogP contribution is -2.22. The number of carbonyl (C=O) groups excluding carboxylic acids is 1. The molecule has 7 heteroatoms. The minimum absolute atomic E-state index is 0.0254. The van der Waals surface area contributed by atoms with E-state index in [1.807, 2.05) is 39.1 Å². The molecule has 0 aliphatic carbocycles. The van der Waals surface area contributed by atoms with Gasteiger partial charge in [-0.15, -0.1) is 0 Å². The van der Waals surface area contributed by atoms with Crippen LogP contribution in [-0.2, 0) is 4.79 Å². The summed E-state index contributed by atoms with van der Waals surface area (Å²) in [5.74, 6) is 1.97. The summed E-state index contributed by atoms with van der Waals surface area (Å²) in [7, 11) is 3.44. The summed E-state index contributed by atoms with van der Waals surface area (Å²) in [5, 5.41) is 6.68. The zero-order valence-electron chi connectivity index (χ0n) is 14.2. The number of ether oxygens (including phenoxy) is 2. The van der Waals surface area contributed by atoms with Crippen molar-refractivity contribution in [2.45, 2.75) is 32.3 Å². The standard InChI is InChI=1S/C17H21N3O3S/c1-9(2)23-13-7-10(5-6-12(13)22-4)11-8-14(21)19-16-15(11)24-17(18-3)20-16/h5-7,9,11H,8H2,1-4H3,(H,18,20)(H,19,21)/t11-/m0/s1. The van der Waals surface area contributed by atoms with Crippen LogP contribution in [0.5, 0.6) is 11.5 Å². The van der Waals surface area contributed by atoms with Gasteiger partial charge in [-0.1, -0.05) is 17.4 Å². The van der Waals surface area contributed by atoms with Gasteiger partial charge >= 0.3 is 0 Å². The second kappa shape index (κ2) is 6.68. The van der Waals surface area contributed by atoms with E-state index in [4.69, 9.17) is 9.47 Å². The number of aromatic nitrogens is 1. The van der Waals surface area contributed by atoms with Crippen LogP contribution in [-0.4, -0.2) is 31.2 Å². The van der Waals surface area contributed by atoms with E-state index in [1.54, 1.807) is 18.4 Å². The van der Waals surface area contributed by atoms with Crippen molar-refractivity contribution < 1.29 is 14.3 Å². The molecule has 0 fully saturated rings. The molecule has 1 aliphatic heterocycles. The Hall–Kier alpha value is -2.28. The molecule has 0 saturated heterocycles. The number of benzene rings is 1. The number of nitrogens with one attached hydrogen (secondary N) is 2. The molecular weight excluding hydrogens is 326 g/mol. The fraction of sp³-hybridized carbons (Fsp3) is 0.412. The molecule has 3 rings (SSSR count). The van der Waals surface area contributed by atoms with Crippen LogP contribution in [0.1, 0.15) is 36.6 Å². The number of hydrogen-bond acceptors (Lipinski definition) is 6. The maximum Gasteiger partial charge on any atom is 0.226 e. The average molecular weight is 347 g/mol. The van der Waals surface area contributed by atoms with Crippen LogP contribution in [0, 0.1) is 0 Å². The summed E-state index contributed by atoms with van der Waals surface area (Å²) in [6, 6.07) is 5.84. The van der Waals surface area contributed by atoms with Gasteiger partial charge in [-0.05, 0) is 31.5 Å². The lowest BCUT2D eigenvalue weighted by Gasteiger charge is -2.23. The number of hydrogen-bond donors (Lipinski definition) is 2. The predicted octanol–water partition coefficient (Wildman–Crippen LogP) is 3.45. The summed E-state index contributed by atoms with van der Waals surface area (Å²) in [4.78, 5) is 17.5. The molecule has 1 aromatic heterocycles. The Labute approximate surface area is 145 Å². The average Bonchev–Trinajstić information content (AvgIpc) is 2.96. The van der Waals surface area contributed by atoms with Crippen molar-refractivity contribution in [3.63, 3.8) is 0 Å². The molecule has 128 valence electrons. The lowest BCUT2D eigenvalue weighted by atomic mass is 9.91. The highest BCUT2D eigenvalue weighted by Crippen LogP contribution is 2.44. The van der Waals surface area contributed by atoms with Crippen molar-refractivity contribution in [3.05, 3.63) is 28.6 Å². The first-order chi connectivity index (χ1) is 11.5. The number of anilines is 2. The smallest absolute Gasteiger partial charge is 0.226 e. The van der Waals surface area contributed by atoms with E-state index in [1.165, 1.54) is 0 Å². The highest BCUT2D eigenvalue weighted by Gasteiger charge is 2.30. The van der Waals surface area contributed by atoms with Gasteiger partial charge in [0.25, 0.3) is 0 Å². The Morgan fingerprint density at radius 1 is 1.38 bits per heavy atom. The monoisotopic (exact) mass is 347 g/mol. The van der Waals surface area contributed by atoms with Crippen molar-refractivity contribution in [2.75, 3.05) is 24.8 Å². The molecule has 2 aromatic rings. The van der Waals surface area contributed by atoms with Gasteiger partial charge in [-0.2, -0.15) is 0 Å². The highest BCUT2D eigenvalue weighted by atomic mass is 32.1. The second-order valence-corrected chi connectivity index (χ2v) is 6.89. The molecule has 0 unspecified atom stereocenters. The van der Waals surface area contributed by atoms with E-state index in [0.29, 0.717) is 23.7 Å². The van der Waals surface area contributed by atoms with E-state index in [-0.39, 0.29) is 17.9 Å². The van der Waals surface area contributed by atoms with Gasteiger partial charge in [0.05, 0.1) is 18.1 Å². The first-order valence-electron chi connectivity index (χ1n) is 7.84. The molecule has 0 bridgehead atoms. The van der Waals surface area contributed by atoms with E-state index in [2.05, 4.69) is 15.6 Å². The van der Waals surface area contributed by atoms with E-state index >= 15 is 0 Å². The number of rotatable bonds is 5. The van der Waals surface area contributed by atoms with Crippen molar-refractivity contribution in [1.29, 1.82) is 0 Å². The fourth-order valence-corrected chi connectivity index (χ4v) is 3.75. The third-order valence-electron chi connectivity index (χ3n) is 3.78. The maximum absolute atomic E-state index is 12.1. The first kappa shape index (κ1) is 16.6. The molecular formula is C17H21N3O3S. The van der Waals surface area contributed by atoms with E-state index in [0.717, 1.165) is 15.6 Å². The summed E-state index contributed by atoms with van der Waals surface area (Å²) in [5.41, 5.74) is 1.02. The Balaban J connectivity index is 2.02. The Morgan fingerprint density at radius 2 is 2.17 bits per heavy atom. The van der Waals surface area contributed by atoms with Crippen LogP contribution in [0.4, 0.5) is 10.9 Å². The topological polar surface area (TPSA) is 72.5 Å². The van der Waals surface area contributed by atoms with Crippen molar-refractivity contribution >= 4 is 28.2 Å². The van der Waals surface area contributed by atoms with Gasteiger partial charge in [0.15, 0.2) is 16.6 Å². The van der Waals surface area contributed by atoms with Gasteiger partial charge in [-0.25, -0.2) is 4.98 Å². The van der Waals surface area contributed by atoms with Gasteiger partial charge in [-0.3, -0.25) is 4.79 Å². The van der Waals surface area contributed by atoms with Gasteiger partial charge in [0.1, 0.15) is 5.82 Å². The molecule has 1 aliphatic rings. The Kier molecular flexibility index (Phi) is 4.62. The number of fused-ring (bicyclic) bond motifs is 1. The SMILES string of the molecule is CNc1nc2c(s1)[C@H](c1ccc(OC)c(OC(C)C)c1)CC(=O)N2. The highest BCUT2D eigenvalue weighted by molar-refractivity contribution is 7.16. The fourth-order valence-electron chi connectivity index (χ4n) is 2.75. The largest absolute Gasteiger partial charge is 0.493 e. The van der Waals surface area contributed by atoms with Gasteiger partial charge in [0, 0.05) is 19.4 Å². The number of thiazole rings is 1. The predicted molar refractivity (Wildman–Crippen MR) is 95.5 cm³/mol. The van der Waals surface area contributed by atoms with Crippen LogP contribution in [0.2, 0.25) is 0 Å². The minimum Gasteiger partial charge on any atom is -0.493 e.